The van der Waals surface area contributed by atoms with Crippen molar-refractivity contribution in [1.82, 2.24) is 15.1 Å². The smallest absolute Gasteiger partial charge is 0.353 e. The summed E-state index contributed by atoms with van der Waals surface area (Å²) in [5, 5.41) is 2.70. The molecule has 2 heterocycles. The van der Waals surface area contributed by atoms with Crippen molar-refractivity contribution in [3.63, 3.8) is 0 Å². The molecule has 2 saturated heterocycles. The highest BCUT2D eigenvalue weighted by molar-refractivity contribution is 5.99. The Morgan fingerprint density at radius 2 is 1.60 bits per heavy atom. The van der Waals surface area contributed by atoms with Crippen LogP contribution in [0.2, 0.25) is 0 Å². The highest BCUT2D eigenvalue weighted by atomic mass is 19.4. The van der Waals surface area contributed by atoms with Crippen LogP contribution in [0.1, 0.15) is 45.5 Å². The molecule has 5 rings (SSSR count). The summed E-state index contributed by atoms with van der Waals surface area (Å²) in [6.07, 6.45) is -3.59. The van der Waals surface area contributed by atoms with Crippen molar-refractivity contribution < 1.29 is 32.3 Å². The quantitative estimate of drug-likeness (QED) is 0.458. The lowest BCUT2D eigenvalue weighted by Crippen LogP contribution is -2.60. The first kappa shape index (κ1) is 29.3. The van der Waals surface area contributed by atoms with Gasteiger partial charge in [-0.15, -0.1) is 0 Å². The zero-order valence-corrected chi connectivity index (χ0v) is 23.2. The fourth-order valence-corrected chi connectivity index (χ4v) is 5.66. The van der Waals surface area contributed by atoms with Crippen LogP contribution >= 0.6 is 0 Å². The number of alkyl halides is 3. The van der Waals surface area contributed by atoms with Crippen molar-refractivity contribution in [1.29, 1.82) is 0 Å². The highest BCUT2D eigenvalue weighted by Crippen LogP contribution is 2.39. The summed E-state index contributed by atoms with van der Waals surface area (Å²) in [6.45, 7) is 2.30. The van der Waals surface area contributed by atoms with Gasteiger partial charge in [-0.25, -0.2) is 0 Å². The van der Waals surface area contributed by atoms with Gasteiger partial charge in [0.25, 0.3) is 5.91 Å². The number of hydrogen-bond donors (Lipinski definition) is 1. The van der Waals surface area contributed by atoms with Gasteiger partial charge in [0.05, 0.1) is 18.6 Å². The summed E-state index contributed by atoms with van der Waals surface area (Å²) in [4.78, 5) is 43.7. The molecule has 42 heavy (non-hydrogen) atoms. The number of nitrogens with zero attached hydrogens (tertiary/aromatic N) is 2. The maximum absolute atomic E-state index is 14.0. The fourth-order valence-electron chi connectivity index (χ4n) is 5.66. The SMILES string of the molecule is Cc1ccccc1C(=O)N1C(C(=O)NCc2cccc(C(F)(F)F)c2)COC12CCN(C(=O)Cc1ccccc1)CC2. The molecule has 1 N–H and O–H groups in total. The molecule has 2 fully saturated rings. The fraction of sp³-hybridized carbons (Fsp3) is 0.344. The average Bonchev–Trinajstić information content (AvgIpc) is 3.34. The third-order valence-electron chi connectivity index (χ3n) is 7.97. The van der Waals surface area contributed by atoms with Crippen molar-refractivity contribution in [3.8, 4) is 0 Å². The van der Waals surface area contributed by atoms with Crippen molar-refractivity contribution in [2.45, 2.75) is 50.7 Å². The molecule has 1 unspecified atom stereocenters. The number of piperidine rings is 1. The lowest BCUT2D eigenvalue weighted by atomic mass is 9.95. The van der Waals surface area contributed by atoms with Gasteiger partial charge in [0.15, 0.2) is 0 Å². The zero-order chi connectivity index (χ0) is 29.9. The van der Waals surface area contributed by atoms with Gasteiger partial charge >= 0.3 is 6.18 Å². The molecule has 3 amide bonds. The van der Waals surface area contributed by atoms with Gasteiger partial charge in [-0.3, -0.25) is 19.3 Å². The summed E-state index contributed by atoms with van der Waals surface area (Å²) in [5.74, 6) is -0.913. The number of hydrogen-bond acceptors (Lipinski definition) is 4. The standard InChI is InChI=1S/C32H32F3N3O4/c1-22-8-5-6-13-26(22)30(41)38-27(29(40)36-20-24-11-7-12-25(18-24)32(33,34)35)21-42-31(38)14-16-37(17-15-31)28(39)19-23-9-3-2-4-10-23/h2-13,18,27H,14-17,19-21H2,1H3,(H,36,40). The van der Waals surface area contributed by atoms with Crippen LogP contribution in [0, 0.1) is 6.92 Å². The Kier molecular flexibility index (Phi) is 8.36. The van der Waals surface area contributed by atoms with Crippen LogP contribution in [0.15, 0.2) is 78.9 Å². The highest BCUT2D eigenvalue weighted by Gasteiger charge is 2.54. The van der Waals surface area contributed by atoms with Crippen molar-refractivity contribution in [2.24, 2.45) is 0 Å². The minimum Gasteiger partial charge on any atom is -0.353 e. The lowest BCUT2D eigenvalue weighted by molar-refractivity contribution is -0.143. The normalized spacial score (nSPS) is 18.2. The van der Waals surface area contributed by atoms with E-state index in [-0.39, 0.29) is 37.0 Å². The number of likely N-dealkylation sites (tertiary alicyclic amines) is 1. The van der Waals surface area contributed by atoms with Gasteiger partial charge in [-0.2, -0.15) is 13.2 Å². The van der Waals surface area contributed by atoms with E-state index in [1.807, 2.05) is 49.4 Å². The molecular formula is C32H32F3N3O4. The second-order valence-corrected chi connectivity index (χ2v) is 10.7. The monoisotopic (exact) mass is 579 g/mol. The summed E-state index contributed by atoms with van der Waals surface area (Å²) in [5.41, 5.74) is 0.467. The molecule has 0 radical (unpaired) electrons. The number of carbonyl (C=O) groups excluding carboxylic acids is 3. The number of aryl methyl sites for hydroxylation is 1. The molecule has 0 aromatic heterocycles. The number of halogens is 3. The number of benzene rings is 3. The van der Waals surface area contributed by atoms with Crippen LogP contribution in [0.25, 0.3) is 0 Å². The summed E-state index contributed by atoms with van der Waals surface area (Å²) in [7, 11) is 0. The molecule has 0 saturated carbocycles. The largest absolute Gasteiger partial charge is 0.416 e. The maximum Gasteiger partial charge on any atom is 0.416 e. The molecule has 10 heteroatoms. The molecular weight excluding hydrogens is 547 g/mol. The number of nitrogens with one attached hydrogen (secondary N) is 1. The molecule has 0 aliphatic carbocycles. The van der Waals surface area contributed by atoms with E-state index >= 15 is 0 Å². The first-order valence-electron chi connectivity index (χ1n) is 13.9. The van der Waals surface area contributed by atoms with Crippen LogP contribution in [0.3, 0.4) is 0 Å². The van der Waals surface area contributed by atoms with E-state index in [9.17, 15) is 27.6 Å². The third kappa shape index (κ3) is 6.18. The van der Waals surface area contributed by atoms with E-state index in [0.29, 0.717) is 31.5 Å². The van der Waals surface area contributed by atoms with E-state index in [1.165, 1.54) is 17.0 Å². The van der Waals surface area contributed by atoms with Gasteiger partial charge in [0.1, 0.15) is 11.8 Å². The van der Waals surface area contributed by atoms with E-state index in [4.69, 9.17) is 4.74 Å². The number of rotatable bonds is 6. The van der Waals surface area contributed by atoms with E-state index in [2.05, 4.69) is 5.32 Å². The Hall–Kier alpha value is -4.18. The maximum atomic E-state index is 14.0. The van der Waals surface area contributed by atoms with Crippen LogP contribution in [0.4, 0.5) is 13.2 Å². The van der Waals surface area contributed by atoms with E-state index < -0.39 is 29.4 Å². The number of carbonyl (C=O) groups is 3. The van der Waals surface area contributed by atoms with Crippen molar-refractivity contribution in [2.75, 3.05) is 19.7 Å². The summed E-state index contributed by atoms with van der Waals surface area (Å²) >= 11 is 0. The van der Waals surface area contributed by atoms with Crippen molar-refractivity contribution >= 4 is 17.7 Å². The first-order valence-corrected chi connectivity index (χ1v) is 13.9. The van der Waals surface area contributed by atoms with E-state index in [1.54, 1.807) is 17.0 Å². The van der Waals surface area contributed by atoms with Crippen LogP contribution < -0.4 is 5.32 Å². The van der Waals surface area contributed by atoms with Gasteiger partial charge in [-0.05, 0) is 41.8 Å². The molecule has 2 aliphatic rings. The third-order valence-corrected chi connectivity index (χ3v) is 7.97. The molecule has 7 nitrogen and oxygen atoms in total. The molecule has 1 atom stereocenters. The zero-order valence-electron chi connectivity index (χ0n) is 23.2. The Balaban J connectivity index is 1.34. The summed E-state index contributed by atoms with van der Waals surface area (Å²) in [6, 6.07) is 20.3. The first-order chi connectivity index (χ1) is 20.1. The van der Waals surface area contributed by atoms with Gasteiger partial charge < -0.3 is 15.0 Å². The predicted octanol–water partition coefficient (Wildman–Crippen LogP) is 4.73. The van der Waals surface area contributed by atoms with Gasteiger partial charge in [0.2, 0.25) is 11.8 Å². The number of ether oxygens (including phenoxy) is 1. The summed E-state index contributed by atoms with van der Waals surface area (Å²) < 4.78 is 45.7. The van der Waals surface area contributed by atoms with Gasteiger partial charge in [-0.1, -0.05) is 60.7 Å². The Labute approximate surface area is 242 Å². The average molecular weight is 580 g/mol. The predicted molar refractivity (Wildman–Crippen MR) is 149 cm³/mol. The minimum absolute atomic E-state index is 0.0267. The van der Waals surface area contributed by atoms with Crippen molar-refractivity contribution in [3.05, 3.63) is 107 Å². The van der Waals surface area contributed by atoms with Gasteiger partial charge in [0, 0.05) is 38.0 Å². The Bertz CT molecular complexity index is 1450. The topological polar surface area (TPSA) is 79.0 Å². The molecule has 220 valence electrons. The molecule has 0 bridgehead atoms. The van der Waals surface area contributed by atoms with Crippen LogP contribution in [0.5, 0.6) is 0 Å². The van der Waals surface area contributed by atoms with E-state index in [0.717, 1.165) is 23.3 Å². The molecule has 1 spiro atoms. The molecule has 3 aromatic carbocycles. The minimum atomic E-state index is -4.50. The lowest BCUT2D eigenvalue weighted by Gasteiger charge is -2.44. The number of amides is 3. The molecule has 3 aromatic rings. The van der Waals surface area contributed by atoms with Crippen LogP contribution in [-0.2, 0) is 33.5 Å². The second kappa shape index (κ2) is 12.0. The Morgan fingerprint density at radius 1 is 0.929 bits per heavy atom. The van der Waals surface area contributed by atoms with Crippen LogP contribution in [-0.4, -0.2) is 59.0 Å². The Morgan fingerprint density at radius 3 is 2.29 bits per heavy atom. The second-order valence-electron chi connectivity index (χ2n) is 10.7. The molecule has 2 aliphatic heterocycles.